The number of aryl methyl sites for hydroxylation is 1. The highest BCUT2D eigenvalue weighted by molar-refractivity contribution is 6.30. The number of hydrogen-bond acceptors (Lipinski definition) is 3. The van der Waals surface area contributed by atoms with E-state index in [0.29, 0.717) is 18.4 Å². The molecule has 0 bridgehead atoms. The van der Waals surface area contributed by atoms with Gasteiger partial charge in [-0.25, -0.2) is 4.39 Å². The molecule has 0 aliphatic rings. The van der Waals surface area contributed by atoms with Crippen LogP contribution in [0.25, 0.3) is 0 Å². The van der Waals surface area contributed by atoms with Crippen molar-refractivity contribution in [3.05, 3.63) is 46.5 Å². The molecular formula is C13H16ClFN4. The molecule has 0 saturated heterocycles. The quantitative estimate of drug-likeness (QED) is 0.912. The van der Waals surface area contributed by atoms with Crippen molar-refractivity contribution in [1.29, 1.82) is 0 Å². The van der Waals surface area contributed by atoms with E-state index in [9.17, 15) is 4.39 Å². The Bertz CT molecular complexity index is 555. The molecule has 0 aliphatic carbocycles. The lowest BCUT2D eigenvalue weighted by atomic mass is 10.0. The van der Waals surface area contributed by atoms with Crippen LogP contribution in [0, 0.1) is 5.82 Å². The Hall–Kier alpha value is -1.46. The molecule has 0 amide bonds. The van der Waals surface area contributed by atoms with Gasteiger partial charge < -0.3 is 5.32 Å². The van der Waals surface area contributed by atoms with Crippen molar-refractivity contribution in [2.45, 2.75) is 18.9 Å². The van der Waals surface area contributed by atoms with Crippen LogP contribution in [0.3, 0.4) is 0 Å². The van der Waals surface area contributed by atoms with Crippen molar-refractivity contribution in [1.82, 2.24) is 20.3 Å². The topological polar surface area (TPSA) is 42.7 Å². The maximum absolute atomic E-state index is 13.8. The molecule has 1 N–H and O–H groups in total. The Morgan fingerprint density at radius 2 is 2.21 bits per heavy atom. The first-order valence-corrected chi connectivity index (χ1v) is 6.43. The van der Waals surface area contributed by atoms with Gasteiger partial charge in [0.15, 0.2) is 0 Å². The lowest BCUT2D eigenvalue weighted by molar-refractivity contribution is 0.527. The second kappa shape index (κ2) is 6.12. The Labute approximate surface area is 116 Å². The minimum absolute atomic E-state index is 0.0877. The summed E-state index contributed by atoms with van der Waals surface area (Å²) in [4.78, 5) is 0. The molecule has 1 aromatic carbocycles. The summed E-state index contributed by atoms with van der Waals surface area (Å²) < 4.78 is 15.5. The van der Waals surface area contributed by atoms with Gasteiger partial charge >= 0.3 is 0 Å². The Kier molecular flexibility index (Phi) is 4.50. The van der Waals surface area contributed by atoms with Crippen molar-refractivity contribution >= 4 is 11.6 Å². The Balaban J connectivity index is 2.08. The second-order valence-corrected chi connectivity index (χ2v) is 4.90. The van der Waals surface area contributed by atoms with Crippen LogP contribution in [0.1, 0.15) is 11.3 Å². The van der Waals surface area contributed by atoms with Crippen molar-refractivity contribution in [3.8, 4) is 0 Å². The fourth-order valence-corrected chi connectivity index (χ4v) is 2.18. The normalized spacial score (nSPS) is 12.6. The van der Waals surface area contributed by atoms with E-state index in [2.05, 4.69) is 15.6 Å². The highest BCUT2D eigenvalue weighted by atomic mass is 35.5. The summed E-state index contributed by atoms with van der Waals surface area (Å²) in [5, 5.41) is 11.3. The minimum atomic E-state index is -0.344. The first-order valence-electron chi connectivity index (χ1n) is 6.05. The zero-order chi connectivity index (χ0) is 13.8. The molecule has 1 aromatic heterocycles. The zero-order valence-corrected chi connectivity index (χ0v) is 11.7. The standard InChI is InChI=1S/C13H16ClFN4/c1-16-10(7-11-8-19(2)18-17-11)6-9-4-3-5-12(14)13(9)15/h3-5,8,10,16H,6-7H2,1-2H3. The van der Waals surface area contributed by atoms with Crippen LogP contribution < -0.4 is 5.32 Å². The summed E-state index contributed by atoms with van der Waals surface area (Å²) in [5.41, 5.74) is 1.49. The van der Waals surface area contributed by atoms with Gasteiger partial charge in [0.2, 0.25) is 0 Å². The Morgan fingerprint density at radius 1 is 1.42 bits per heavy atom. The fraction of sp³-hybridized carbons (Fsp3) is 0.385. The maximum atomic E-state index is 13.8. The maximum Gasteiger partial charge on any atom is 0.145 e. The lowest BCUT2D eigenvalue weighted by Crippen LogP contribution is -2.30. The number of nitrogens with one attached hydrogen (secondary N) is 1. The van der Waals surface area contributed by atoms with E-state index in [0.717, 1.165) is 5.69 Å². The predicted molar refractivity (Wildman–Crippen MR) is 72.7 cm³/mol. The van der Waals surface area contributed by atoms with Crippen molar-refractivity contribution in [2.24, 2.45) is 7.05 Å². The smallest absolute Gasteiger partial charge is 0.145 e. The number of aromatic nitrogens is 3. The van der Waals surface area contributed by atoms with Crippen LogP contribution in [0.2, 0.25) is 5.02 Å². The van der Waals surface area contributed by atoms with Crippen molar-refractivity contribution in [2.75, 3.05) is 7.05 Å². The number of hydrogen-bond donors (Lipinski definition) is 1. The molecular weight excluding hydrogens is 267 g/mol. The predicted octanol–water partition coefficient (Wildman–Crippen LogP) is 1.98. The van der Waals surface area contributed by atoms with E-state index < -0.39 is 0 Å². The summed E-state index contributed by atoms with van der Waals surface area (Å²) in [5.74, 6) is -0.344. The van der Waals surface area contributed by atoms with Gasteiger partial charge in [-0.3, -0.25) is 4.68 Å². The summed E-state index contributed by atoms with van der Waals surface area (Å²) in [6, 6.07) is 5.15. The molecule has 4 nitrogen and oxygen atoms in total. The number of likely N-dealkylation sites (N-methyl/N-ethyl adjacent to an activating group) is 1. The molecule has 2 aromatic rings. The third kappa shape index (κ3) is 3.52. The van der Waals surface area contributed by atoms with Gasteiger partial charge in [-0.05, 0) is 25.1 Å². The van der Waals surface area contributed by atoms with Crippen molar-refractivity contribution in [3.63, 3.8) is 0 Å². The Morgan fingerprint density at radius 3 is 2.84 bits per heavy atom. The van der Waals surface area contributed by atoms with Crippen LogP contribution in [0.15, 0.2) is 24.4 Å². The van der Waals surface area contributed by atoms with Gasteiger partial charge in [0.05, 0.1) is 10.7 Å². The summed E-state index contributed by atoms with van der Waals surface area (Å²) in [7, 11) is 3.67. The van der Waals surface area contributed by atoms with Crippen LogP contribution in [0.4, 0.5) is 4.39 Å². The van der Waals surface area contributed by atoms with E-state index in [1.807, 2.05) is 20.3 Å². The van der Waals surface area contributed by atoms with Crippen LogP contribution in [0.5, 0.6) is 0 Å². The number of nitrogens with zero attached hydrogens (tertiary/aromatic N) is 3. The molecule has 0 spiro atoms. The van der Waals surface area contributed by atoms with Gasteiger partial charge in [0.25, 0.3) is 0 Å². The molecule has 2 rings (SSSR count). The summed E-state index contributed by atoms with van der Waals surface area (Å²) in [6.07, 6.45) is 3.11. The summed E-state index contributed by atoms with van der Waals surface area (Å²) in [6.45, 7) is 0. The molecule has 1 heterocycles. The number of halogens is 2. The van der Waals surface area contributed by atoms with E-state index >= 15 is 0 Å². The fourth-order valence-electron chi connectivity index (χ4n) is 1.99. The van der Waals surface area contributed by atoms with Crippen LogP contribution >= 0.6 is 11.6 Å². The van der Waals surface area contributed by atoms with Gasteiger partial charge in [0, 0.05) is 25.7 Å². The second-order valence-electron chi connectivity index (χ2n) is 4.49. The highest BCUT2D eigenvalue weighted by Crippen LogP contribution is 2.19. The third-order valence-electron chi connectivity index (χ3n) is 3.01. The largest absolute Gasteiger partial charge is 0.316 e. The lowest BCUT2D eigenvalue weighted by Gasteiger charge is -2.15. The van der Waals surface area contributed by atoms with Crippen LogP contribution in [-0.2, 0) is 19.9 Å². The molecule has 0 radical (unpaired) electrons. The first-order chi connectivity index (χ1) is 9.10. The van der Waals surface area contributed by atoms with Gasteiger partial charge in [0.1, 0.15) is 5.82 Å². The van der Waals surface area contributed by atoms with E-state index in [1.165, 1.54) is 0 Å². The molecule has 0 aliphatic heterocycles. The van der Waals surface area contributed by atoms with E-state index in [-0.39, 0.29) is 16.9 Å². The molecule has 6 heteroatoms. The molecule has 1 unspecified atom stereocenters. The average molecular weight is 283 g/mol. The monoisotopic (exact) mass is 282 g/mol. The first kappa shape index (κ1) is 14.0. The van der Waals surface area contributed by atoms with E-state index in [1.54, 1.807) is 22.9 Å². The highest BCUT2D eigenvalue weighted by Gasteiger charge is 2.14. The van der Waals surface area contributed by atoms with Crippen molar-refractivity contribution < 1.29 is 4.39 Å². The number of benzene rings is 1. The molecule has 1 atom stereocenters. The van der Waals surface area contributed by atoms with Gasteiger partial charge in [-0.1, -0.05) is 28.9 Å². The molecule has 0 saturated carbocycles. The number of rotatable bonds is 5. The SMILES string of the molecule is CNC(Cc1cn(C)nn1)Cc1cccc(Cl)c1F. The zero-order valence-electron chi connectivity index (χ0n) is 10.9. The molecule has 102 valence electrons. The van der Waals surface area contributed by atoms with Crippen LogP contribution in [-0.4, -0.2) is 28.1 Å². The minimum Gasteiger partial charge on any atom is -0.316 e. The van der Waals surface area contributed by atoms with E-state index in [4.69, 9.17) is 11.6 Å². The summed E-state index contributed by atoms with van der Waals surface area (Å²) >= 11 is 5.78. The molecule has 19 heavy (non-hydrogen) atoms. The third-order valence-corrected chi connectivity index (χ3v) is 3.30. The van der Waals surface area contributed by atoms with Gasteiger partial charge in [-0.15, -0.1) is 5.10 Å². The molecule has 0 fully saturated rings. The average Bonchev–Trinajstić information content (AvgIpc) is 2.79. The van der Waals surface area contributed by atoms with Gasteiger partial charge in [-0.2, -0.15) is 0 Å².